The SMILES string of the molecule is c1ccc(-c2nc(NCCc3nc4ncccc4[nH]3)cc(-c3cccnc3)n2)nc1. The summed E-state index contributed by atoms with van der Waals surface area (Å²) in [5, 5.41) is 3.38. The molecule has 146 valence electrons. The van der Waals surface area contributed by atoms with Gasteiger partial charge in [-0.05, 0) is 36.4 Å². The summed E-state index contributed by atoms with van der Waals surface area (Å²) < 4.78 is 0. The van der Waals surface area contributed by atoms with Crippen LogP contribution in [0, 0.1) is 0 Å². The highest BCUT2D eigenvalue weighted by atomic mass is 15.0. The Kier molecular flexibility index (Phi) is 4.79. The Morgan fingerprint density at radius 3 is 2.60 bits per heavy atom. The highest BCUT2D eigenvalue weighted by molar-refractivity contribution is 5.70. The lowest BCUT2D eigenvalue weighted by Crippen LogP contribution is -2.09. The number of pyridine rings is 3. The fourth-order valence-corrected chi connectivity index (χ4v) is 3.13. The van der Waals surface area contributed by atoms with E-state index in [1.54, 1.807) is 24.8 Å². The molecule has 0 aliphatic heterocycles. The molecule has 5 heterocycles. The molecule has 5 aromatic heterocycles. The molecule has 0 saturated heterocycles. The lowest BCUT2D eigenvalue weighted by Gasteiger charge is -2.09. The van der Waals surface area contributed by atoms with Gasteiger partial charge >= 0.3 is 0 Å². The zero-order valence-electron chi connectivity index (χ0n) is 16.0. The maximum absolute atomic E-state index is 4.69. The molecule has 0 aliphatic carbocycles. The maximum atomic E-state index is 4.69. The molecule has 0 bridgehead atoms. The summed E-state index contributed by atoms with van der Waals surface area (Å²) in [6, 6.07) is 15.3. The van der Waals surface area contributed by atoms with Crippen molar-refractivity contribution < 1.29 is 0 Å². The third-order valence-electron chi connectivity index (χ3n) is 4.55. The molecular weight excluding hydrogens is 376 g/mol. The number of nitrogens with zero attached hydrogens (tertiary/aromatic N) is 6. The highest BCUT2D eigenvalue weighted by Crippen LogP contribution is 2.23. The van der Waals surface area contributed by atoms with Gasteiger partial charge in [0, 0.05) is 49.4 Å². The van der Waals surface area contributed by atoms with E-state index in [1.807, 2.05) is 48.5 Å². The molecule has 0 radical (unpaired) electrons. The smallest absolute Gasteiger partial charge is 0.180 e. The van der Waals surface area contributed by atoms with Gasteiger partial charge in [-0.15, -0.1) is 0 Å². The van der Waals surface area contributed by atoms with Crippen molar-refractivity contribution in [3.05, 3.63) is 79.1 Å². The molecule has 0 aliphatic rings. The number of imidazole rings is 1. The number of rotatable bonds is 6. The van der Waals surface area contributed by atoms with Gasteiger partial charge in [-0.2, -0.15) is 0 Å². The Morgan fingerprint density at radius 2 is 1.77 bits per heavy atom. The summed E-state index contributed by atoms with van der Waals surface area (Å²) in [4.78, 5) is 30.0. The molecule has 0 saturated carbocycles. The van der Waals surface area contributed by atoms with Crippen LogP contribution in [-0.2, 0) is 6.42 Å². The molecule has 5 rings (SSSR count). The minimum absolute atomic E-state index is 0.562. The average Bonchev–Trinajstić information content (AvgIpc) is 3.23. The zero-order valence-corrected chi connectivity index (χ0v) is 16.0. The zero-order chi connectivity index (χ0) is 20.2. The third kappa shape index (κ3) is 3.83. The molecule has 8 heteroatoms. The van der Waals surface area contributed by atoms with E-state index in [1.165, 1.54) is 0 Å². The van der Waals surface area contributed by atoms with Crippen molar-refractivity contribution in [1.29, 1.82) is 0 Å². The van der Waals surface area contributed by atoms with E-state index >= 15 is 0 Å². The molecule has 0 spiro atoms. The predicted octanol–water partition coefficient (Wildman–Crippen LogP) is 3.53. The molecule has 0 fully saturated rings. The number of hydrogen-bond donors (Lipinski definition) is 2. The van der Waals surface area contributed by atoms with Crippen molar-refractivity contribution in [3.8, 4) is 22.8 Å². The Labute approximate surface area is 172 Å². The topological polar surface area (TPSA) is 105 Å². The minimum atomic E-state index is 0.562. The maximum Gasteiger partial charge on any atom is 0.180 e. The molecule has 2 N–H and O–H groups in total. The largest absolute Gasteiger partial charge is 0.369 e. The second kappa shape index (κ2) is 8.04. The van der Waals surface area contributed by atoms with Gasteiger partial charge in [0.2, 0.25) is 0 Å². The van der Waals surface area contributed by atoms with Crippen LogP contribution in [0.25, 0.3) is 33.9 Å². The Morgan fingerprint density at radius 1 is 0.833 bits per heavy atom. The minimum Gasteiger partial charge on any atom is -0.369 e. The van der Waals surface area contributed by atoms with Crippen LogP contribution >= 0.6 is 0 Å². The van der Waals surface area contributed by atoms with Gasteiger partial charge < -0.3 is 10.3 Å². The van der Waals surface area contributed by atoms with Crippen molar-refractivity contribution in [3.63, 3.8) is 0 Å². The molecule has 5 aromatic rings. The molecule has 0 amide bonds. The number of aromatic nitrogens is 7. The van der Waals surface area contributed by atoms with Gasteiger partial charge in [0.15, 0.2) is 11.5 Å². The monoisotopic (exact) mass is 394 g/mol. The number of H-pyrrole nitrogens is 1. The van der Waals surface area contributed by atoms with E-state index in [-0.39, 0.29) is 0 Å². The predicted molar refractivity (Wildman–Crippen MR) is 115 cm³/mol. The molecule has 30 heavy (non-hydrogen) atoms. The van der Waals surface area contributed by atoms with Crippen molar-refractivity contribution in [2.75, 3.05) is 11.9 Å². The summed E-state index contributed by atoms with van der Waals surface area (Å²) in [6.45, 7) is 0.658. The molecule has 0 unspecified atom stereocenters. The van der Waals surface area contributed by atoms with E-state index < -0.39 is 0 Å². The van der Waals surface area contributed by atoms with E-state index in [9.17, 15) is 0 Å². The van der Waals surface area contributed by atoms with E-state index in [0.717, 1.165) is 39.8 Å². The van der Waals surface area contributed by atoms with E-state index in [4.69, 9.17) is 0 Å². The number of anilines is 1. The van der Waals surface area contributed by atoms with Gasteiger partial charge in [-0.1, -0.05) is 6.07 Å². The second-order valence-corrected chi connectivity index (χ2v) is 6.65. The average molecular weight is 394 g/mol. The van der Waals surface area contributed by atoms with Crippen molar-refractivity contribution in [2.45, 2.75) is 6.42 Å². The second-order valence-electron chi connectivity index (χ2n) is 6.65. The number of nitrogens with one attached hydrogen (secondary N) is 2. The van der Waals surface area contributed by atoms with Gasteiger partial charge in [-0.3, -0.25) is 9.97 Å². The summed E-state index contributed by atoms with van der Waals surface area (Å²) in [6.07, 6.45) is 7.71. The highest BCUT2D eigenvalue weighted by Gasteiger charge is 2.10. The number of aromatic amines is 1. The third-order valence-corrected chi connectivity index (χ3v) is 4.55. The van der Waals surface area contributed by atoms with Crippen LogP contribution in [0.4, 0.5) is 5.82 Å². The summed E-state index contributed by atoms with van der Waals surface area (Å²) in [7, 11) is 0. The summed E-state index contributed by atoms with van der Waals surface area (Å²) >= 11 is 0. The van der Waals surface area contributed by atoms with Gasteiger partial charge in [0.25, 0.3) is 0 Å². The van der Waals surface area contributed by atoms with Crippen LogP contribution in [0.2, 0.25) is 0 Å². The first-order valence-electron chi connectivity index (χ1n) is 9.59. The van der Waals surface area contributed by atoms with Crippen molar-refractivity contribution in [1.82, 2.24) is 34.9 Å². The first-order chi connectivity index (χ1) is 14.8. The Bertz CT molecular complexity index is 1180. The lowest BCUT2D eigenvalue weighted by atomic mass is 10.2. The van der Waals surface area contributed by atoms with Gasteiger partial charge in [-0.25, -0.2) is 19.9 Å². The Balaban J connectivity index is 1.40. The van der Waals surface area contributed by atoms with Crippen LogP contribution < -0.4 is 5.32 Å². The Hall–Kier alpha value is -4.20. The van der Waals surface area contributed by atoms with Crippen LogP contribution in [-0.4, -0.2) is 41.4 Å². The van der Waals surface area contributed by atoms with Crippen LogP contribution in [0.5, 0.6) is 0 Å². The first-order valence-corrected chi connectivity index (χ1v) is 9.59. The van der Waals surface area contributed by atoms with E-state index in [2.05, 4.69) is 40.2 Å². The lowest BCUT2D eigenvalue weighted by molar-refractivity contribution is 0.925. The van der Waals surface area contributed by atoms with Gasteiger partial charge in [0.1, 0.15) is 17.3 Å². The molecule has 0 atom stereocenters. The number of fused-ring (bicyclic) bond motifs is 1. The normalized spacial score (nSPS) is 10.9. The van der Waals surface area contributed by atoms with Gasteiger partial charge in [0.05, 0.1) is 11.2 Å². The van der Waals surface area contributed by atoms with Crippen molar-refractivity contribution >= 4 is 17.0 Å². The molecule has 8 nitrogen and oxygen atoms in total. The molecule has 0 aromatic carbocycles. The van der Waals surface area contributed by atoms with Crippen LogP contribution in [0.1, 0.15) is 5.82 Å². The standard InChI is InChI=1S/C22H18N8/c1-2-10-24-16(6-1)22-28-18(15-5-3-9-23-14-15)13-20(30-22)25-12-8-19-27-17-7-4-11-26-21(17)29-19/h1-7,9-11,13-14H,8,12H2,(H,25,28,30)(H,26,27,29). The summed E-state index contributed by atoms with van der Waals surface area (Å²) in [5.41, 5.74) is 4.09. The van der Waals surface area contributed by atoms with Crippen LogP contribution in [0.3, 0.4) is 0 Å². The van der Waals surface area contributed by atoms with Crippen molar-refractivity contribution in [2.24, 2.45) is 0 Å². The number of hydrogen-bond acceptors (Lipinski definition) is 7. The van der Waals surface area contributed by atoms with Crippen LogP contribution in [0.15, 0.2) is 73.3 Å². The molecular formula is C22H18N8. The first kappa shape index (κ1) is 17.9. The fourth-order valence-electron chi connectivity index (χ4n) is 3.13. The summed E-state index contributed by atoms with van der Waals surface area (Å²) in [5.74, 6) is 2.16. The fraction of sp³-hybridized carbons (Fsp3) is 0.0909. The quantitative estimate of drug-likeness (QED) is 0.454. The van der Waals surface area contributed by atoms with E-state index in [0.29, 0.717) is 18.8 Å².